The molecule has 5 nitrogen and oxygen atoms in total. The second-order valence-corrected chi connectivity index (χ2v) is 9.61. The molecule has 1 unspecified atom stereocenters. The highest BCUT2D eigenvalue weighted by molar-refractivity contribution is 8.00. The highest BCUT2D eigenvalue weighted by atomic mass is 35.5. The van der Waals surface area contributed by atoms with Crippen molar-refractivity contribution in [1.29, 1.82) is 0 Å². The Bertz CT molecular complexity index is 1110. The number of carbonyl (C=O) groups is 1. The van der Waals surface area contributed by atoms with E-state index in [1.807, 2.05) is 58.0 Å². The van der Waals surface area contributed by atoms with E-state index in [-0.39, 0.29) is 23.6 Å². The van der Waals surface area contributed by atoms with Gasteiger partial charge in [-0.05, 0) is 51.5 Å². The van der Waals surface area contributed by atoms with Crippen LogP contribution in [0.15, 0.2) is 58.5 Å². The number of aromatic nitrogens is 2. The lowest BCUT2D eigenvalue weighted by Crippen LogP contribution is -2.44. The molecule has 0 spiro atoms. The molecule has 1 N–H and O–H groups in total. The van der Waals surface area contributed by atoms with Crippen LogP contribution in [0.5, 0.6) is 0 Å². The van der Waals surface area contributed by atoms with Crippen molar-refractivity contribution in [2.45, 2.75) is 50.2 Å². The van der Waals surface area contributed by atoms with Gasteiger partial charge in [-0.1, -0.05) is 53.7 Å². The molecular formula is C22H24ClN3O2S. The van der Waals surface area contributed by atoms with Gasteiger partial charge in [0.2, 0.25) is 5.91 Å². The smallest absolute Gasteiger partial charge is 0.262 e. The Kier molecular flexibility index (Phi) is 6.34. The van der Waals surface area contributed by atoms with E-state index in [4.69, 9.17) is 11.6 Å². The molecule has 3 rings (SSSR count). The monoisotopic (exact) mass is 429 g/mol. The number of rotatable bonds is 5. The van der Waals surface area contributed by atoms with Gasteiger partial charge in [-0.3, -0.25) is 14.2 Å². The number of hydrogen-bond acceptors (Lipinski definition) is 4. The number of carbonyl (C=O) groups excluding carboxylic acids is 1. The number of fused-ring (bicyclic) bond motifs is 1. The number of nitrogens with zero attached hydrogens (tertiary/aromatic N) is 2. The van der Waals surface area contributed by atoms with Crippen LogP contribution in [-0.2, 0) is 11.3 Å². The first-order valence-electron chi connectivity index (χ1n) is 9.37. The third-order valence-electron chi connectivity index (χ3n) is 4.26. The molecule has 0 aliphatic heterocycles. The lowest BCUT2D eigenvalue weighted by molar-refractivity contribution is -0.121. The van der Waals surface area contributed by atoms with Gasteiger partial charge >= 0.3 is 0 Å². The van der Waals surface area contributed by atoms with Crippen molar-refractivity contribution in [2.24, 2.45) is 0 Å². The normalized spacial score (nSPS) is 12.7. The molecule has 1 atom stereocenters. The van der Waals surface area contributed by atoms with E-state index in [1.54, 1.807) is 22.8 Å². The van der Waals surface area contributed by atoms with E-state index in [0.29, 0.717) is 21.1 Å². The van der Waals surface area contributed by atoms with Crippen LogP contribution >= 0.6 is 23.4 Å². The summed E-state index contributed by atoms with van der Waals surface area (Å²) in [5, 5.41) is 4.17. The standard InChI is InChI=1S/C22H24ClN3O2S/c1-14(19(27)25-22(2,3)4)29-21-24-18-12-8-6-10-16(18)20(28)26(21)13-15-9-5-7-11-17(15)23/h5-12,14H,13H2,1-4H3,(H,25,27). The predicted octanol–water partition coefficient (Wildman–Crippen LogP) is 4.49. The summed E-state index contributed by atoms with van der Waals surface area (Å²) in [5.41, 5.74) is 0.947. The molecule has 0 radical (unpaired) electrons. The molecule has 0 saturated carbocycles. The van der Waals surface area contributed by atoms with E-state index < -0.39 is 5.25 Å². The number of hydrogen-bond donors (Lipinski definition) is 1. The van der Waals surface area contributed by atoms with Gasteiger partial charge in [0.05, 0.1) is 22.7 Å². The number of para-hydroxylation sites is 1. The molecule has 2 aromatic carbocycles. The van der Waals surface area contributed by atoms with Crippen molar-refractivity contribution in [3.63, 3.8) is 0 Å². The first kappa shape index (κ1) is 21.4. The average molecular weight is 430 g/mol. The first-order chi connectivity index (χ1) is 13.7. The molecule has 0 saturated heterocycles. The summed E-state index contributed by atoms with van der Waals surface area (Å²) >= 11 is 7.59. The summed E-state index contributed by atoms with van der Waals surface area (Å²) < 4.78 is 1.59. The fourth-order valence-electron chi connectivity index (χ4n) is 2.86. The molecule has 1 amide bonds. The highest BCUT2D eigenvalue weighted by Crippen LogP contribution is 2.25. The van der Waals surface area contributed by atoms with Crippen LogP contribution in [0, 0.1) is 0 Å². The quantitative estimate of drug-likeness (QED) is 0.479. The van der Waals surface area contributed by atoms with Crippen molar-refractivity contribution in [3.05, 3.63) is 69.5 Å². The van der Waals surface area contributed by atoms with E-state index in [1.165, 1.54) is 11.8 Å². The maximum absolute atomic E-state index is 13.2. The van der Waals surface area contributed by atoms with E-state index in [9.17, 15) is 9.59 Å². The maximum atomic E-state index is 13.2. The lowest BCUT2D eigenvalue weighted by atomic mass is 10.1. The Morgan fingerprint density at radius 1 is 1.17 bits per heavy atom. The molecule has 0 aliphatic rings. The minimum atomic E-state index is -0.417. The molecule has 1 heterocycles. The molecular weight excluding hydrogens is 406 g/mol. The second kappa shape index (κ2) is 8.59. The van der Waals surface area contributed by atoms with Crippen molar-refractivity contribution < 1.29 is 4.79 Å². The fourth-order valence-corrected chi connectivity index (χ4v) is 3.96. The Balaban J connectivity index is 2.04. The third-order valence-corrected chi connectivity index (χ3v) is 5.72. The van der Waals surface area contributed by atoms with Crippen LogP contribution in [-0.4, -0.2) is 26.2 Å². The molecule has 0 fully saturated rings. The van der Waals surface area contributed by atoms with Gasteiger partial charge in [0.1, 0.15) is 0 Å². The van der Waals surface area contributed by atoms with Crippen LogP contribution in [0.1, 0.15) is 33.3 Å². The zero-order chi connectivity index (χ0) is 21.2. The zero-order valence-electron chi connectivity index (χ0n) is 16.9. The summed E-state index contributed by atoms with van der Waals surface area (Å²) in [4.78, 5) is 30.5. The summed E-state index contributed by atoms with van der Waals surface area (Å²) in [7, 11) is 0. The average Bonchev–Trinajstić information content (AvgIpc) is 2.65. The van der Waals surface area contributed by atoms with Gasteiger partial charge in [-0.15, -0.1) is 0 Å². The maximum Gasteiger partial charge on any atom is 0.262 e. The van der Waals surface area contributed by atoms with Gasteiger partial charge in [0.15, 0.2) is 5.16 Å². The topological polar surface area (TPSA) is 64.0 Å². The Hall–Kier alpha value is -2.31. The largest absolute Gasteiger partial charge is 0.351 e. The van der Waals surface area contributed by atoms with Crippen molar-refractivity contribution in [2.75, 3.05) is 0 Å². The number of amides is 1. The first-order valence-corrected chi connectivity index (χ1v) is 10.6. The van der Waals surface area contributed by atoms with E-state index >= 15 is 0 Å². The molecule has 0 bridgehead atoms. The summed E-state index contributed by atoms with van der Waals surface area (Å²) in [6.45, 7) is 7.90. The Morgan fingerprint density at radius 3 is 2.52 bits per heavy atom. The molecule has 3 aromatic rings. The summed E-state index contributed by atoms with van der Waals surface area (Å²) in [6.07, 6.45) is 0. The molecule has 0 aliphatic carbocycles. The van der Waals surface area contributed by atoms with Crippen molar-refractivity contribution >= 4 is 40.2 Å². The van der Waals surface area contributed by atoms with Crippen molar-refractivity contribution in [1.82, 2.24) is 14.9 Å². The van der Waals surface area contributed by atoms with Crippen LogP contribution in [0.3, 0.4) is 0 Å². The summed E-state index contributed by atoms with van der Waals surface area (Å²) in [5.74, 6) is -0.103. The zero-order valence-corrected chi connectivity index (χ0v) is 18.5. The number of nitrogens with one attached hydrogen (secondary N) is 1. The highest BCUT2D eigenvalue weighted by Gasteiger charge is 2.23. The second-order valence-electron chi connectivity index (χ2n) is 7.89. The van der Waals surface area contributed by atoms with Gasteiger partial charge in [0.25, 0.3) is 5.56 Å². The van der Waals surface area contributed by atoms with Gasteiger partial charge in [-0.25, -0.2) is 4.98 Å². The van der Waals surface area contributed by atoms with E-state index in [0.717, 1.165) is 5.56 Å². The van der Waals surface area contributed by atoms with Gasteiger partial charge in [-0.2, -0.15) is 0 Å². The number of thioether (sulfide) groups is 1. The van der Waals surface area contributed by atoms with Crippen LogP contribution < -0.4 is 10.9 Å². The predicted molar refractivity (Wildman–Crippen MR) is 120 cm³/mol. The summed E-state index contributed by atoms with van der Waals surface area (Å²) in [6, 6.07) is 14.6. The van der Waals surface area contributed by atoms with Gasteiger partial charge in [0, 0.05) is 10.6 Å². The Morgan fingerprint density at radius 2 is 1.83 bits per heavy atom. The molecule has 1 aromatic heterocycles. The SMILES string of the molecule is CC(Sc1nc2ccccc2c(=O)n1Cc1ccccc1Cl)C(=O)NC(C)(C)C. The Labute approximate surface area is 179 Å². The minimum absolute atomic E-state index is 0.103. The van der Waals surface area contributed by atoms with Crippen LogP contribution in [0.4, 0.5) is 0 Å². The van der Waals surface area contributed by atoms with Crippen LogP contribution in [0.25, 0.3) is 10.9 Å². The molecule has 29 heavy (non-hydrogen) atoms. The molecule has 7 heteroatoms. The number of halogens is 1. The minimum Gasteiger partial charge on any atom is -0.351 e. The fraction of sp³-hybridized carbons (Fsp3) is 0.318. The van der Waals surface area contributed by atoms with E-state index in [2.05, 4.69) is 10.3 Å². The molecule has 152 valence electrons. The lowest BCUT2D eigenvalue weighted by Gasteiger charge is -2.23. The third kappa shape index (κ3) is 5.19. The van der Waals surface area contributed by atoms with Crippen LogP contribution in [0.2, 0.25) is 5.02 Å². The number of benzene rings is 2. The van der Waals surface area contributed by atoms with Crippen molar-refractivity contribution in [3.8, 4) is 0 Å². The van der Waals surface area contributed by atoms with Gasteiger partial charge < -0.3 is 5.32 Å².